The Morgan fingerprint density at radius 1 is 1.62 bits per heavy atom. The van der Waals surface area contributed by atoms with Gasteiger partial charge >= 0.3 is 0 Å². The molecule has 2 rings (SSSR count). The second-order valence-electron chi connectivity index (χ2n) is 5.75. The molecular formula is C14H19N3O4. The number of carbonyl (C=O) groups excluding carboxylic acids is 1. The highest BCUT2D eigenvalue weighted by atomic mass is 16.6. The Kier molecular flexibility index (Phi) is 4.13. The van der Waals surface area contributed by atoms with Crippen LogP contribution >= 0.6 is 0 Å². The Morgan fingerprint density at radius 2 is 2.33 bits per heavy atom. The molecule has 0 aliphatic heterocycles. The van der Waals surface area contributed by atoms with Crippen LogP contribution in [0, 0.1) is 15.5 Å². The number of hydrogen-bond donors (Lipinski definition) is 3. The van der Waals surface area contributed by atoms with Gasteiger partial charge in [-0.3, -0.25) is 14.9 Å². The number of carbonyl (C=O) groups is 1. The molecule has 1 aliphatic rings. The quantitative estimate of drug-likeness (QED) is 0.563. The molecule has 0 aromatic heterocycles. The molecule has 0 unspecified atom stereocenters. The van der Waals surface area contributed by atoms with E-state index in [4.69, 9.17) is 5.73 Å². The van der Waals surface area contributed by atoms with Crippen molar-refractivity contribution >= 4 is 17.3 Å². The lowest BCUT2D eigenvalue weighted by atomic mass is 9.85. The fourth-order valence-corrected chi connectivity index (χ4v) is 2.81. The second-order valence-corrected chi connectivity index (χ2v) is 5.75. The monoisotopic (exact) mass is 293 g/mol. The van der Waals surface area contributed by atoms with E-state index in [0.717, 1.165) is 19.3 Å². The van der Waals surface area contributed by atoms with Crippen molar-refractivity contribution in [2.75, 3.05) is 11.9 Å². The number of anilines is 1. The molecule has 4 N–H and O–H groups in total. The van der Waals surface area contributed by atoms with Crippen LogP contribution in [0.4, 0.5) is 11.4 Å². The van der Waals surface area contributed by atoms with Gasteiger partial charge in [0.1, 0.15) is 5.69 Å². The highest BCUT2D eigenvalue weighted by Gasteiger charge is 2.39. The largest absolute Gasteiger partial charge is 0.396 e. The molecule has 0 saturated heterocycles. The minimum atomic E-state index is -0.703. The van der Waals surface area contributed by atoms with Crippen molar-refractivity contribution in [2.45, 2.75) is 32.2 Å². The summed E-state index contributed by atoms with van der Waals surface area (Å²) >= 11 is 0. The maximum Gasteiger partial charge on any atom is 0.293 e. The molecule has 7 heteroatoms. The van der Waals surface area contributed by atoms with E-state index in [1.54, 1.807) is 0 Å². The lowest BCUT2D eigenvalue weighted by Crippen LogP contribution is -2.36. The molecule has 0 radical (unpaired) electrons. The molecule has 114 valence electrons. The maximum atomic E-state index is 11.2. The van der Waals surface area contributed by atoms with Gasteiger partial charge in [0.2, 0.25) is 5.91 Å². The highest BCUT2D eigenvalue weighted by Crippen LogP contribution is 2.40. The van der Waals surface area contributed by atoms with Crippen molar-refractivity contribution < 1.29 is 14.8 Å². The Hall–Kier alpha value is -2.15. The molecule has 1 amide bonds. The van der Waals surface area contributed by atoms with E-state index in [0.29, 0.717) is 5.69 Å². The predicted molar refractivity (Wildman–Crippen MR) is 78.1 cm³/mol. The first kappa shape index (κ1) is 15.2. The smallest absolute Gasteiger partial charge is 0.293 e. The fourth-order valence-electron chi connectivity index (χ4n) is 2.81. The normalized spacial score (nSPS) is 24.8. The molecule has 2 atom stereocenters. The molecule has 7 nitrogen and oxygen atoms in total. The summed E-state index contributed by atoms with van der Waals surface area (Å²) in [6.07, 6.45) is 2.67. The van der Waals surface area contributed by atoms with E-state index in [1.807, 2.05) is 6.92 Å². The van der Waals surface area contributed by atoms with E-state index in [-0.39, 0.29) is 29.3 Å². The van der Waals surface area contributed by atoms with Gasteiger partial charge in [-0.1, -0.05) is 13.3 Å². The van der Waals surface area contributed by atoms with Crippen molar-refractivity contribution in [3.05, 3.63) is 33.9 Å². The maximum absolute atomic E-state index is 11.2. The van der Waals surface area contributed by atoms with Crippen LogP contribution in [0.3, 0.4) is 0 Å². The van der Waals surface area contributed by atoms with E-state index >= 15 is 0 Å². The number of rotatable bonds is 5. The number of hydrogen-bond acceptors (Lipinski definition) is 5. The standard InChI is InChI=1S/C14H19N3O4/c1-14(8-18)6-2-3-12(14)16-10-5-4-9(13(15)19)7-11(10)17(20)21/h4-5,7,12,16,18H,2-3,6,8H2,1H3,(H2,15,19)/t12-,14-/m1/s1. The van der Waals surface area contributed by atoms with E-state index < -0.39 is 10.8 Å². The lowest BCUT2D eigenvalue weighted by Gasteiger charge is -2.30. The number of aliphatic hydroxyl groups is 1. The van der Waals surface area contributed by atoms with Gasteiger partial charge in [0.15, 0.2) is 0 Å². The Balaban J connectivity index is 2.31. The number of amides is 1. The van der Waals surface area contributed by atoms with Crippen LogP contribution < -0.4 is 11.1 Å². The lowest BCUT2D eigenvalue weighted by molar-refractivity contribution is -0.384. The SMILES string of the molecule is C[C@]1(CO)CCC[C@H]1Nc1ccc(C(N)=O)cc1[N+](=O)[O-]. The molecule has 1 aliphatic carbocycles. The Morgan fingerprint density at radius 3 is 2.90 bits per heavy atom. The van der Waals surface area contributed by atoms with E-state index in [2.05, 4.69) is 5.32 Å². The van der Waals surface area contributed by atoms with Crippen LogP contribution in [0.5, 0.6) is 0 Å². The predicted octanol–water partition coefficient (Wildman–Crippen LogP) is 1.66. The number of nitrogens with one attached hydrogen (secondary N) is 1. The number of nitro benzene ring substituents is 1. The average molecular weight is 293 g/mol. The first-order valence-corrected chi connectivity index (χ1v) is 6.83. The van der Waals surface area contributed by atoms with Crippen molar-refractivity contribution in [2.24, 2.45) is 11.1 Å². The molecular weight excluding hydrogens is 274 g/mol. The van der Waals surface area contributed by atoms with E-state index in [9.17, 15) is 20.0 Å². The van der Waals surface area contributed by atoms with Gasteiger partial charge < -0.3 is 16.2 Å². The summed E-state index contributed by atoms with van der Waals surface area (Å²) in [4.78, 5) is 21.8. The molecule has 1 fully saturated rings. The van der Waals surface area contributed by atoms with Gasteiger partial charge in [-0.15, -0.1) is 0 Å². The third-order valence-electron chi connectivity index (χ3n) is 4.25. The van der Waals surface area contributed by atoms with Crippen molar-refractivity contribution in [3.8, 4) is 0 Å². The van der Waals surface area contributed by atoms with Gasteiger partial charge in [-0.05, 0) is 25.0 Å². The van der Waals surface area contributed by atoms with Gasteiger partial charge in [0.05, 0.1) is 11.5 Å². The van der Waals surface area contributed by atoms with Crippen LogP contribution in [0.2, 0.25) is 0 Å². The molecule has 1 saturated carbocycles. The third-order valence-corrected chi connectivity index (χ3v) is 4.25. The number of aliphatic hydroxyl groups excluding tert-OH is 1. The molecule has 21 heavy (non-hydrogen) atoms. The highest BCUT2D eigenvalue weighted by molar-refractivity contribution is 5.94. The Labute approximate surface area is 122 Å². The van der Waals surface area contributed by atoms with Crippen LogP contribution in [0.15, 0.2) is 18.2 Å². The first-order chi connectivity index (χ1) is 9.87. The summed E-state index contributed by atoms with van der Waals surface area (Å²) in [7, 11) is 0. The van der Waals surface area contributed by atoms with Gasteiger partial charge in [0.25, 0.3) is 5.69 Å². The molecule has 1 aromatic rings. The zero-order valence-corrected chi connectivity index (χ0v) is 11.8. The summed E-state index contributed by atoms with van der Waals surface area (Å²) in [5.41, 5.74) is 5.11. The van der Waals surface area contributed by atoms with Crippen molar-refractivity contribution in [1.82, 2.24) is 0 Å². The Bertz CT molecular complexity index is 575. The summed E-state index contributed by atoms with van der Waals surface area (Å²) in [5.74, 6) is -0.703. The summed E-state index contributed by atoms with van der Waals surface area (Å²) in [5, 5.41) is 23.8. The summed E-state index contributed by atoms with van der Waals surface area (Å²) in [6, 6.07) is 4.09. The van der Waals surface area contributed by atoms with E-state index in [1.165, 1.54) is 18.2 Å². The molecule has 0 spiro atoms. The van der Waals surface area contributed by atoms with Crippen LogP contribution in [-0.4, -0.2) is 28.6 Å². The minimum Gasteiger partial charge on any atom is -0.396 e. The zero-order valence-electron chi connectivity index (χ0n) is 11.8. The van der Waals surface area contributed by atoms with Gasteiger partial charge in [0, 0.05) is 23.1 Å². The topological polar surface area (TPSA) is 118 Å². The number of nitro groups is 1. The average Bonchev–Trinajstić information content (AvgIpc) is 2.81. The van der Waals surface area contributed by atoms with Crippen molar-refractivity contribution in [1.29, 1.82) is 0 Å². The van der Waals surface area contributed by atoms with Crippen molar-refractivity contribution in [3.63, 3.8) is 0 Å². The van der Waals surface area contributed by atoms with Crippen LogP contribution in [0.25, 0.3) is 0 Å². The van der Waals surface area contributed by atoms with Crippen LogP contribution in [-0.2, 0) is 0 Å². The zero-order chi connectivity index (χ0) is 15.6. The molecule has 1 aromatic carbocycles. The van der Waals surface area contributed by atoms with Crippen LogP contribution in [0.1, 0.15) is 36.5 Å². The summed E-state index contributed by atoms with van der Waals surface area (Å²) < 4.78 is 0. The minimum absolute atomic E-state index is 0.0256. The van der Waals surface area contributed by atoms with Gasteiger partial charge in [-0.2, -0.15) is 0 Å². The summed E-state index contributed by atoms with van der Waals surface area (Å²) in [6.45, 7) is 1.99. The second kappa shape index (κ2) is 5.69. The number of benzene rings is 1. The number of nitrogens with zero attached hydrogens (tertiary/aromatic N) is 1. The number of primary amides is 1. The third kappa shape index (κ3) is 2.97. The fraction of sp³-hybridized carbons (Fsp3) is 0.500. The molecule has 0 bridgehead atoms. The first-order valence-electron chi connectivity index (χ1n) is 6.83. The number of nitrogens with two attached hydrogens (primary N) is 1. The van der Waals surface area contributed by atoms with Gasteiger partial charge in [-0.25, -0.2) is 0 Å². The molecule has 0 heterocycles.